The van der Waals surface area contributed by atoms with Gasteiger partial charge in [-0.25, -0.2) is 4.98 Å². The van der Waals surface area contributed by atoms with E-state index in [4.69, 9.17) is 9.47 Å². The van der Waals surface area contributed by atoms with E-state index < -0.39 is 0 Å². The van der Waals surface area contributed by atoms with E-state index >= 15 is 0 Å². The molecule has 9 heteroatoms. The van der Waals surface area contributed by atoms with E-state index in [0.29, 0.717) is 37.8 Å². The van der Waals surface area contributed by atoms with Crippen LogP contribution in [0.25, 0.3) is 0 Å². The van der Waals surface area contributed by atoms with Crippen molar-refractivity contribution >= 4 is 36.5 Å². The second-order valence-electron chi connectivity index (χ2n) is 5.78. The molecule has 3 aliphatic rings. The third kappa shape index (κ3) is 3.54. The van der Waals surface area contributed by atoms with Crippen LogP contribution in [0.1, 0.15) is 10.5 Å². The molecule has 0 bridgehead atoms. The van der Waals surface area contributed by atoms with E-state index in [1.165, 1.54) is 0 Å². The Labute approximate surface area is 153 Å². The van der Waals surface area contributed by atoms with Crippen molar-refractivity contribution < 1.29 is 14.3 Å². The van der Waals surface area contributed by atoms with Crippen LogP contribution in [0.4, 0.5) is 5.82 Å². The van der Waals surface area contributed by atoms with Gasteiger partial charge in [-0.05, 0) is 12.1 Å². The number of carbonyl (C=O) groups is 1. The van der Waals surface area contributed by atoms with Crippen LogP contribution in [0.5, 0.6) is 5.75 Å². The molecular formula is C15H22Cl2N4O3. The minimum atomic E-state index is -0.0193. The molecule has 1 N–H and O–H groups in total. The second-order valence-corrected chi connectivity index (χ2v) is 5.78. The van der Waals surface area contributed by atoms with E-state index in [1.807, 2.05) is 17.0 Å². The van der Waals surface area contributed by atoms with Crippen LogP contribution in [0.2, 0.25) is 0 Å². The fourth-order valence-electron chi connectivity index (χ4n) is 3.17. The molecule has 1 amide bonds. The van der Waals surface area contributed by atoms with Gasteiger partial charge in [0.25, 0.3) is 5.91 Å². The number of piperazine rings is 1. The number of carbonyl (C=O) groups excluding carboxylic acids is 1. The summed E-state index contributed by atoms with van der Waals surface area (Å²) < 4.78 is 11.2. The summed E-state index contributed by atoms with van der Waals surface area (Å²) in [6, 6.07) is 3.89. The van der Waals surface area contributed by atoms with Crippen LogP contribution in [-0.4, -0.2) is 74.4 Å². The maximum absolute atomic E-state index is 12.8. The average Bonchev–Trinajstić information content (AvgIpc) is 2.73. The van der Waals surface area contributed by atoms with E-state index in [2.05, 4.69) is 15.2 Å². The summed E-state index contributed by atoms with van der Waals surface area (Å²) in [5.74, 6) is 1.40. The molecule has 1 aromatic rings. The predicted octanol–water partition coefficient (Wildman–Crippen LogP) is 0.568. The van der Waals surface area contributed by atoms with E-state index in [-0.39, 0.29) is 36.8 Å². The van der Waals surface area contributed by atoms with Crippen molar-refractivity contribution in [3.05, 3.63) is 17.8 Å². The maximum Gasteiger partial charge on any atom is 0.276 e. The van der Waals surface area contributed by atoms with Crippen LogP contribution < -0.4 is 15.0 Å². The van der Waals surface area contributed by atoms with Crippen LogP contribution in [-0.2, 0) is 4.74 Å². The van der Waals surface area contributed by atoms with Crippen molar-refractivity contribution in [1.82, 2.24) is 15.2 Å². The molecule has 2 fully saturated rings. The lowest BCUT2D eigenvalue weighted by Gasteiger charge is -2.33. The summed E-state index contributed by atoms with van der Waals surface area (Å²) >= 11 is 0. The van der Waals surface area contributed by atoms with Crippen molar-refractivity contribution in [3.8, 4) is 5.75 Å². The van der Waals surface area contributed by atoms with Gasteiger partial charge >= 0.3 is 0 Å². The van der Waals surface area contributed by atoms with Crippen LogP contribution in [0.15, 0.2) is 12.1 Å². The fraction of sp³-hybridized carbons (Fsp3) is 0.600. The molecule has 1 unspecified atom stereocenters. The first-order chi connectivity index (χ1) is 10.8. The Morgan fingerprint density at radius 3 is 2.75 bits per heavy atom. The Morgan fingerprint density at radius 1 is 1.17 bits per heavy atom. The highest BCUT2D eigenvalue weighted by atomic mass is 35.5. The summed E-state index contributed by atoms with van der Waals surface area (Å²) in [5.41, 5.74) is 0.438. The van der Waals surface area contributed by atoms with Gasteiger partial charge in [-0.2, -0.15) is 0 Å². The summed E-state index contributed by atoms with van der Waals surface area (Å²) in [5, 5.41) is 3.31. The number of anilines is 1. The Hall–Kier alpha value is -1.28. The lowest BCUT2D eigenvalue weighted by molar-refractivity contribution is 0.0602. The van der Waals surface area contributed by atoms with Crippen molar-refractivity contribution in [1.29, 1.82) is 0 Å². The molecule has 4 rings (SSSR count). The number of amides is 1. The smallest absolute Gasteiger partial charge is 0.276 e. The monoisotopic (exact) mass is 376 g/mol. The normalized spacial score (nSPS) is 23.0. The second kappa shape index (κ2) is 8.20. The van der Waals surface area contributed by atoms with Gasteiger partial charge in [0.2, 0.25) is 0 Å². The minimum absolute atomic E-state index is 0. The molecule has 0 aromatic carbocycles. The van der Waals surface area contributed by atoms with E-state index in [1.54, 1.807) is 0 Å². The number of ether oxygens (including phenoxy) is 2. The third-order valence-corrected chi connectivity index (χ3v) is 4.42. The Kier molecular flexibility index (Phi) is 6.51. The van der Waals surface area contributed by atoms with Crippen molar-refractivity contribution in [2.75, 3.05) is 57.4 Å². The maximum atomic E-state index is 12.8. The molecule has 7 nitrogen and oxygen atoms in total. The highest BCUT2D eigenvalue weighted by Gasteiger charge is 2.34. The van der Waals surface area contributed by atoms with Gasteiger partial charge in [0, 0.05) is 32.7 Å². The summed E-state index contributed by atoms with van der Waals surface area (Å²) in [7, 11) is 0. The Bertz CT molecular complexity index is 584. The highest BCUT2D eigenvalue weighted by molar-refractivity contribution is 5.96. The van der Waals surface area contributed by atoms with Gasteiger partial charge in [0.1, 0.15) is 12.4 Å². The molecule has 4 heterocycles. The molecule has 0 spiro atoms. The fourth-order valence-corrected chi connectivity index (χ4v) is 3.17. The van der Waals surface area contributed by atoms with Gasteiger partial charge < -0.3 is 24.6 Å². The Balaban J connectivity index is 0.00000104. The summed E-state index contributed by atoms with van der Waals surface area (Å²) in [4.78, 5) is 21.5. The van der Waals surface area contributed by atoms with Gasteiger partial charge in [-0.3, -0.25) is 4.79 Å². The average molecular weight is 377 g/mol. The topological polar surface area (TPSA) is 66.9 Å². The molecule has 2 saturated heterocycles. The standard InChI is InChI=1S/C15H20N4O3.2ClH/c20-15-14-12(22-10-11-9-16-3-4-19(11)15)1-2-13(17-14)18-5-7-21-8-6-18;;/h1-2,11,16H,3-10H2;2*1H. The van der Waals surface area contributed by atoms with Crippen LogP contribution in [0, 0.1) is 0 Å². The molecule has 1 aromatic heterocycles. The SMILES string of the molecule is Cl.Cl.O=C1c2nc(N3CCOCC3)ccc2OCC2CNCCN12. The molecule has 24 heavy (non-hydrogen) atoms. The van der Waals surface area contributed by atoms with Gasteiger partial charge in [-0.1, -0.05) is 0 Å². The number of fused-ring (bicyclic) bond motifs is 2. The van der Waals surface area contributed by atoms with E-state index in [0.717, 1.165) is 32.0 Å². The zero-order valence-corrected chi connectivity index (χ0v) is 14.9. The lowest BCUT2D eigenvalue weighted by Crippen LogP contribution is -2.55. The predicted molar refractivity (Wildman–Crippen MR) is 95.0 cm³/mol. The van der Waals surface area contributed by atoms with Crippen LogP contribution >= 0.6 is 24.8 Å². The number of rotatable bonds is 1. The first-order valence-electron chi connectivity index (χ1n) is 7.81. The number of nitrogens with zero attached hydrogens (tertiary/aromatic N) is 3. The quantitative estimate of drug-likeness (QED) is 0.772. The molecular weight excluding hydrogens is 355 g/mol. The largest absolute Gasteiger partial charge is 0.489 e. The number of halogens is 2. The number of hydrogen-bond acceptors (Lipinski definition) is 6. The van der Waals surface area contributed by atoms with Crippen molar-refractivity contribution in [3.63, 3.8) is 0 Å². The van der Waals surface area contributed by atoms with Crippen LogP contribution in [0.3, 0.4) is 0 Å². The summed E-state index contributed by atoms with van der Waals surface area (Å²) in [6.45, 7) is 5.82. The molecule has 134 valence electrons. The molecule has 1 atom stereocenters. The first kappa shape index (κ1) is 19.1. The number of morpholine rings is 1. The van der Waals surface area contributed by atoms with Crippen molar-refractivity contribution in [2.24, 2.45) is 0 Å². The summed E-state index contributed by atoms with van der Waals surface area (Å²) in [6.07, 6.45) is 0. The van der Waals surface area contributed by atoms with Gasteiger partial charge in [-0.15, -0.1) is 24.8 Å². The molecule has 3 aliphatic heterocycles. The number of hydrogen-bond donors (Lipinski definition) is 1. The zero-order valence-electron chi connectivity index (χ0n) is 13.3. The number of nitrogens with one attached hydrogen (secondary N) is 1. The van der Waals surface area contributed by atoms with Crippen molar-refractivity contribution in [2.45, 2.75) is 6.04 Å². The van der Waals surface area contributed by atoms with Gasteiger partial charge in [0.05, 0.1) is 19.3 Å². The third-order valence-electron chi connectivity index (χ3n) is 4.42. The molecule has 0 saturated carbocycles. The lowest BCUT2D eigenvalue weighted by atomic mass is 10.2. The highest BCUT2D eigenvalue weighted by Crippen LogP contribution is 2.27. The number of aromatic nitrogens is 1. The van der Waals surface area contributed by atoms with Gasteiger partial charge in [0.15, 0.2) is 11.4 Å². The van der Waals surface area contributed by atoms with E-state index in [9.17, 15) is 4.79 Å². The zero-order chi connectivity index (χ0) is 14.9. The molecule has 0 radical (unpaired) electrons. The minimum Gasteiger partial charge on any atom is -0.489 e. The number of pyridine rings is 1. The molecule has 0 aliphatic carbocycles. The first-order valence-corrected chi connectivity index (χ1v) is 7.81. The Morgan fingerprint density at radius 2 is 1.96 bits per heavy atom.